The SMILES string of the molecule is COc1cc(NC(=O)c2cccc(C(=O)NCC(C)C)n2)c(OC)cc1Cl. The lowest BCUT2D eigenvalue weighted by atomic mass is 10.2. The summed E-state index contributed by atoms with van der Waals surface area (Å²) in [7, 11) is 2.94. The molecule has 0 saturated carbocycles. The van der Waals surface area contributed by atoms with E-state index < -0.39 is 5.91 Å². The number of carbonyl (C=O) groups is 2. The molecular formula is C19H22ClN3O4. The van der Waals surface area contributed by atoms with E-state index >= 15 is 0 Å². The Kier molecular flexibility index (Phi) is 7.01. The molecule has 7 nitrogen and oxygen atoms in total. The number of carbonyl (C=O) groups excluding carboxylic acids is 2. The largest absolute Gasteiger partial charge is 0.495 e. The van der Waals surface area contributed by atoms with E-state index in [9.17, 15) is 9.59 Å². The average molecular weight is 392 g/mol. The Balaban J connectivity index is 2.21. The number of anilines is 1. The minimum Gasteiger partial charge on any atom is -0.495 e. The molecule has 0 aliphatic heterocycles. The van der Waals surface area contributed by atoms with Crippen molar-refractivity contribution < 1.29 is 19.1 Å². The molecule has 0 bridgehead atoms. The normalized spacial score (nSPS) is 10.4. The molecule has 0 aliphatic rings. The van der Waals surface area contributed by atoms with Gasteiger partial charge in [0.05, 0.1) is 24.9 Å². The maximum absolute atomic E-state index is 12.6. The highest BCUT2D eigenvalue weighted by Gasteiger charge is 2.16. The standard InChI is InChI=1S/C19H22ClN3O4/c1-11(2)10-21-18(24)13-6-5-7-14(22-13)19(25)23-15-9-16(26-3)12(20)8-17(15)27-4/h5-9,11H,10H2,1-4H3,(H,21,24)(H,23,25). The number of pyridine rings is 1. The smallest absolute Gasteiger partial charge is 0.274 e. The fourth-order valence-corrected chi connectivity index (χ4v) is 2.45. The van der Waals surface area contributed by atoms with Crippen molar-refractivity contribution in [3.63, 3.8) is 0 Å². The van der Waals surface area contributed by atoms with Crippen LogP contribution in [-0.2, 0) is 0 Å². The Labute approximate surface area is 163 Å². The van der Waals surface area contributed by atoms with E-state index in [1.807, 2.05) is 13.8 Å². The third-order valence-electron chi connectivity index (χ3n) is 3.61. The van der Waals surface area contributed by atoms with E-state index in [-0.39, 0.29) is 17.3 Å². The van der Waals surface area contributed by atoms with Gasteiger partial charge in [0, 0.05) is 18.7 Å². The van der Waals surface area contributed by atoms with Crippen molar-refractivity contribution in [1.82, 2.24) is 10.3 Å². The zero-order valence-corrected chi connectivity index (χ0v) is 16.4. The summed E-state index contributed by atoms with van der Waals surface area (Å²) < 4.78 is 10.4. The van der Waals surface area contributed by atoms with Gasteiger partial charge in [0.1, 0.15) is 22.9 Å². The number of ether oxygens (including phenoxy) is 2. The van der Waals surface area contributed by atoms with Crippen LogP contribution in [0.5, 0.6) is 11.5 Å². The predicted molar refractivity (Wildman–Crippen MR) is 104 cm³/mol. The van der Waals surface area contributed by atoms with E-state index in [0.29, 0.717) is 34.7 Å². The lowest BCUT2D eigenvalue weighted by Crippen LogP contribution is -2.28. The molecule has 0 atom stereocenters. The first-order valence-electron chi connectivity index (χ1n) is 8.33. The maximum atomic E-state index is 12.6. The van der Waals surface area contributed by atoms with Crippen LogP contribution >= 0.6 is 11.6 Å². The van der Waals surface area contributed by atoms with Gasteiger partial charge < -0.3 is 20.1 Å². The zero-order valence-electron chi connectivity index (χ0n) is 15.6. The van der Waals surface area contributed by atoms with E-state index in [1.54, 1.807) is 24.3 Å². The molecular weight excluding hydrogens is 370 g/mol. The van der Waals surface area contributed by atoms with Crippen molar-refractivity contribution in [3.05, 3.63) is 46.7 Å². The first kappa shape index (κ1) is 20.5. The molecule has 2 N–H and O–H groups in total. The number of hydrogen-bond acceptors (Lipinski definition) is 5. The number of amides is 2. The summed E-state index contributed by atoms with van der Waals surface area (Å²) in [6.45, 7) is 4.51. The molecule has 2 aromatic rings. The monoisotopic (exact) mass is 391 g/mol. The Hall–Kier alpha value is -2.80. The van der Waals surface area contributed by atoms with Gasteiger partial charge in [-0.25, -0.2) is 4.98 Å². The lowest BCUT2D eigenvalue weighted by Gasteiger charge is -2.13. The number of hydrogen-bond donors (Lipinski definition) is 2. The molecule has 144 valence electrons. The van der Waals surface area contributed by atoms with Crippen LogP contribution in [0.2, 0.25) is 5.02 Å². The van der Waals surface area contributed by atoms with Gasteiger partial charge in [0.2, 0.25) is 0 Å². The van der Waals surface area contributed by atoms with Crippen molar-refractivity contribution in [2.24, 2.45) is 5.92 Å². The fourth-order valence-electron chi connectivity index (χ4n) is 2.22. The summed E-state index contributed by atoms with van der Waals surface area (Å²) in [5.41, 5.74) is 0.646. The van der Waals surface area contributed by atoms with E-state index in [0.717, 1.165) is 0 Å². The third-order valence-corrected chi connectivity index (χ3v) is 3.90. The zero-order chi connectivity index (χ0) is 20.0. The minimum absolute atomic E-state index is 0.100. The van der Waals surface area contributed by atoms with Gasteiger partial charge in [-0.2, -0.15) is 0 Å². The lowest BCUT2D eigenvalue weighted by molar-refractivity contribution is 0.0944. The maximum Gasteiger partial charge on any atom is 0.274 e. The molecule has 1 aromatic carbocycles. The molecule has 1 heterocycles. The van der Waals surface area contributed by atoms with Crippen LogP contribution in [0, 0.1) is 5.92 Å². The van der Waals surface area contributed by atoms with Crippen molar-refractivity contribution in [1.29, 1.82) is 0 Å². The number of halogens is 1. The van der Waals surface area contributed by atoms with E-state index in [2.05, 4.69) is 15.6 Å². The Morgan fingerprint density at radius 1 is 1.07 bits per heavy atom. The molecule has 2 amide bonds. The van der Waals surface area contributed by atoms with Crippen LogP contribution in [0.25, 0.3) is 0 Å². The van der Waals surface area contributed by atoms with Gasteiger partial charge in [-0.1, -0.05) is 31.5 Å². The molecule has 0 saturated heterocycles. The van der Waals surface area contributed by atoms with E-state index in [4.69, 9.17) is 21.1 Å². The second-order valence-corrected chi connectivity index (χ2v) is 6.56. The number of nitrogens with one attached hydrogen (secondary N) is 2. The summed E-state index contributed by atoms with van der Waals surface area (Å²) in [4.78, 5) is 28.9. The number of nitrogens with zero attached hydrogens (tertiary/aromatic N) is 1. The molecule has 0 fully saturated rings. The molecule has 0 spiro atoms. The molecule has 1 aromatic heterocycles. The Bertz CT molecular complexity index is 840. The average Bonchev–Trinajstić information content (AvgIpc) is 2.66. The minimum atomic E-state index is -0.490. The first-order chi connectivity index (χ1) is 12.8. The highest BCUT2D eigenvalue weighted by molar-refractivity contribution is 6.32. The summed E-state index contributed by atoms with van der Waals surface area (Å²) >= 11 is 6.07. The van der Waals surface area contributed by atoms with Crippen LogP contribution < -0.4 is 20.1 Å². The summed E-state index contributed by atoms with van der Waals surface area (Å²) in [5, 5.41) is 5.82. The van der Waals surface area contributed by atoms with Crippen LogP contribution in [0.15, 0.2) is 30.3 Å². The van der Waals surface area contributed by atoms with Crippen molar-refractivity contribution in [2.75, 3.05) is 26.1 Å². The molecule has 0 unspecified atom stereocenters. The van der Waals surface area contributed by atoms with Crippen LogP contribution in [-0.4, -0.2) is 37.6 Å². The number of benzene rings is 1. The van der Waals surface area contributed by atoms with E-state index in [1.165, 1.54) is 20.3 Å². The van der Waals surface area contributed by atoms with Crippen LogP contribution in [0.3, 0.4) is 0 Å². The van der Waals surface area contributed by atoms with Gasteiger partial charge in [0.15, 0.2) is 0 Å². The number of aromatic nitrogens is 1. The van der Waals surface area contributed by atoms with Crippen molar-refractivity contribution in [3.8, 4) is 11.5 Å². The molecule has 8 heteroatoms. The van der Waals surface area contributed by atoms with Crippen LogP contribution in [0.4, 0.5) is 5.69 Å². The van der Waals surface area contributed by atoms with Gasteiger partial charge in [-0.05, 0) is 18.1 Å². The molecule has 0 aliphatic carbocycles. The summed E-state index contributed by atoms with van der Waals surface area (Å²) in [6.07, 6.45) is 0. The van der Waals surface area contributed by atoms with Crippen molar-refractivity contribution in [2.45, 2.75) is 13.8 Å². The highest BCUT2D eigenvalue weighted by Crippen LogP contribution is 2.36. The molecule has 0 radical (unpaired) electrons. The predicted octanol–water partition coefficient (Wildman–Crippen LogP) is 3.39. The summed E-state index contributed by atoms with van der Waals surface area (Å²) in [6, 6.07) is 7.77. The Morgan fingerprint density at radius 3 is 2.30 bits per heavy atom. The van der Waals surface area contributed by atoms with Gasteiger partial charge in [-0.15, -0.1) is 0 Å². The van der Waals surface area contributed by atoms with Gasteiger partial charge >= 0.3 is 0 Å². The molecule has 2 rings (SSSR count). The number of methoxy groups -OCH3 is 2. The Morgan fingerprint density at radius 2 is 1.70 bits per heavy atom. The topological polar surface area (TPSA) is 89.5 Å². The number of rotatable bonds is 7. The second kappa shape index (κ2) is 9.23. The van der Waals surface area contributed by atoms with Gasteiger partial charge in [-0.3, -0.25) is 9.59 Å². The molecule has 27 heavy (non-hydrogen) atoms. The highest BCUT2D eigenvalue weighted by atomic mass is 35.5. The summed E-state index contributed by atoms with van der Waals surface area (Å²) in [5.74, 6) is 0.260. The quantitative estimate of drug-likeness (QED) is 0.755. The van der Waals surface area contributed by atoms with Gasteiger partial charge in [0.25, 0.3) is 11.8 Å². The van der Waals surface area contributed by atoms with Crippen molar-refractivity contribution >= 4 is 29.1 Å². The first-order valence-corrected chi connectivity index (χ1v) is 8.71. The second-order valence-electron chi connectivity index (χ2n) is 6.15. The van der Waals surface area contributed by atoms with Crippen LogP contribution in [0.1, 0.15) is 34.8 Å². The third kappa shape index (κ3) is 5.34. The fraction of sp³-hybridized carbons (Fsp3) is 0.316.